The van der Waals surface area contributed by atoms with E-state index in [0.29, 0.717) is 31.2 Å². The Bertz CT molecular complexity index is 777. The maximum absolute atomic E-state index is 13.0. The van der Waals surface area contributed by atoms with E-state index in [2.05, 4.69) is 24.1 Å². The number of aromatic nitrogens is 1. The number of rotatable bonds is 9. The van der Waals surface area contributed by atoms with Gasteiger partial charge in [-0.2, -0.15) is 0 Å². The van der Waals surface area contributed by atoms with Crippen molar-refractivity contribution in [3.05, 3.63) is 52.0 Å². The Hall–Kier alpha value is -1.92. The van der Waals surface area contributed by atoms with Crippen LogP contribution < -0.4 is 5.32 Å². The van der Waals surface area contributed by atoms with E-state index in [1.807, 2.05) is 44.2 Å². The fraction of sp³-hybridized carbons (Fsp3) is 0.476. The lowest BCUT2D eigenvalue weighted by atomic mass is 10.1. The van der Waals surface area contributed by atoms with Gasteiger partial charge in [-0.05, 0) is 17.4 Å². The van der Waals surface area contributed by atoms with E-state index < -0.39 is 5.38 Å². The molecule has 2 rings (SSSR count). The second kappa shape index (κ2) is 10.6. The van der Waals surface area contributed by atoms with E-state index in [9.17, 15) is 9.59 Å². The fourth-order valence-electron chi connectivity index (χ4n) is 2.64. The van der Waals surface area contributed by atoms with Gasteiger partial charge in [0.25, 0.3) is 5.91 Å². The molecule has 1 heterocycles. The predicted octanol–water partition coefficient (Wildman–Crippen LogP) is 4.49. The highest BCUT2D eigenvalue weighted by Crippen LogP contribution is 2.25. The number of nitrogens with one attached hydrogen (secondary N) is 1. The number of amides is 2. The number of nitrogens with zero attached hydrogens (tertiary/aromatic N) is 2. The first-order valence-corrected chi connectivity index (χ1v) is 10.8. The summed E-state index contributed by atoms with van der Waals surface area (Å²) in [4.78, 5) is 31.3. The third-order valence-electron chi connectivity index (χ3n) is 3.99. The average Bonchev–Trinajstić information content (AvgIpc) is 3.13. The van der Waals surface area contributed by atoms with Crippen molar-refractivity contribution in [2.75, 3.05) is 13.1 Å². The molecule has 5 nitrogen and oxygen atoms in total. The van der Waals surface area contributed by atoms with Crippen LogP contribution in [0.15, 0.2) is 35.7 Å². The summed E-state index contributed by atoms with van der Waals surface area (Å²) in [5.41, 5.74) is 1.17. The number of halogens is 1. The number of hydrogen-bond donors (Lipinski definition) is 1. The molecule has 0 unspecified atom stereocenters. The minimum absolute atomic E-state index is 0.150. The minimum Gasteiger partial charge on any atom is -0.350 e. The zero-order valence-electron chi connectivity index (χ0n) is 16.8. The van der Waals surface area contributed by atoms with Crippen LogP contribution in [0.2, 0.25) is 0 Å². The highest BCUT2D eigenvalue weighted by atomic mass is 35.5. The van der Waals surface area contributed by atoms with Crippen molar-refractivity contribution in [1.82, 2.24) is 15.2 Å². The molecule has 0 aliphatic carbocycles. The third kappa shape index (κ3) is 6.60. The summed E-state index contributed by atoms with van der Waals surface area (Å²) in [7, 11) is 0. The molecule has 0 aliphatic heterocycles. The fourth-order valence-corrected chi connectivity index (χ4v) is 3.71. The quantitative estimate of drug-likeness (QED) is 0.606. The van der Waals surface area contributed by atoms with Crippen LogP contribution in [0, 0.1) is 11.8 Å². The molecular formula is C21H28ClN3O2S. The topological polar surface area (TPSA) is 62.3 Å². The number of alkyl halides is 1. The van der Waals surface area contributed by atoms with Gasteiger partial charge in [-0.3, -0.25) is 9.59 Å². The van der Waals surface area contributed by atoms with E-state index in [1.54, 1.807) is 10.3 Å². The van der Waals surface area contributed by atoms with Crippen LogP contribution in [0.3, 0.4) is 0 Å². The molecule has 0 fully saturated rings. The SMILES string of the molecule is CC(C)CNC(=O)c1csc(CN(CC(C)C)C(=O)[C@@H](Cl)c2ccccc2)n1. The van der Waals surface area contributed by atoms with Crippen LogP contribution in [0.5, 0.6) is 0 Å². The van der Waals surface area contributed by atoms with Crippen LogP contribution in [0.4, 0.5) is 0 Å². The first kappa shape index (κ1) is 22.4. The Balaban J connectivity index is 2.10. The Labute approximate surface area is 176 Å². The molecule has 1 N–H and O–H groups in total. The number of carbonyl (C=O) groups excluding carboxylic acids is 2. The molecule has 1 aromatic heterocycles. The summed E-state index contributed by atoms with van der Waals surface area (Å²) in [5, 5.41) is 4.58. The summed E-state index contributed by atoms with van der Waals surface area (Å²) in [6.07, 6.45) is 0. The van der Waals surface area contributed by atoms with Crippen LogP contribution in [-0.4, -0.2) is 34.8 Å². The Morgan fingerprint density at radius 1 is 1.14 bits per heavy atom. The first-order valence-electron chi connectivity index (χ1n) is 9.48. The smallest absolute Gasteiger partial charge is 0.270 e. The normalized spacial score (nSPS) is 12.2. The maximum Gasteiger partial charge on any atom is 0.270 e. The Morgan fingerprint density at radius 3 is 2.43 bits per heavy atom. The largest absolute Gasteiger partial charge is 0.350 e. The Kier molecular flexibility index (Phi) is 8.45. The van der Waals surface area contributed by atoms with Crippen molar-refractivity contribution in [3.63, 3.8) is 0 Å². The molecule has 1 atom stereocenters. The van der Waals surface area contributed by atoms with Gasteiger partial charge in [-0.25, -0.2) is 4.98 Å². The molecule has 28 heavy (non-hydrogen) atoms. The molecule has 0 bridgehead atoms. The number of thiazole rings is 1. The Morgan fingerprint density at radius 2 is 1.82 bits per heavy atom. The van der Waals surface area contributed by atoms with Gasteiger partial charge in [0.05, 0.1) is 6.54 Å². The van der Waals surface area contributed by atoms with Gasteiger partial charge in [0.15, 0.2) is 0 Å². The maximum atomic E-state index is 13.0. The minimum atomic E-state index is -0.742. The number of carbonyl (C=O) groups is 2. The van der Waals surface area contributed by atoms with Gasteiger partial charge in [-0.1, -0.05) is 58.0 Å². The lowest BCUT2D eigenvalue weighted by molar-refractivity contribution is -0.132. The standard InChI is InChI=1S/C21H28ClN3O2S/c1-14(2)10-23-20(26)17-13-28-18(24-17)12-25(11-15(3)4)21(27)19(22)16-8-6-5-7-9-16/h5-9,13-15,19H,10-12H2,1-4H3,(H,23,26)/t19-/m0/s1. The van der Waals surface area contributed by atoms with Gasteiger partial charge in [-0.15, -0.1) is 22.9 Å². The van der Waals surface area contributed by atoms with Gasteiger partial charge in [0.2, 0.25) is 5.91 Å². The molecule has 1 aromatic carbocycles. The lowest BCUT2D eigenvalue weighted by Gasteiger charge is -2.26. The third-order valence-corrected chi connectivity index (χ3v) is 5.26. The van der Waals surface area contributed by atoms with Crippen molar-refractivity contribution < 1.29 is 9.59 Å². The van der Waals surface area contributed by atoms with Crippen molar-refractivity contribution in [2.45, 2.75) is 39.6 Å². The van der Waals surface area contributed by atoms with Crippen LogP contribution in [0.1, 0.15) is 54.1 Å². The summed E-state index contributed by atoms with van der Waals surface area (Å²) >= 11 is 7.84. The van der Waals surface area contributed by atoms with Gasteiger partial charge in [0.1, 0.15) is 16.1 Å². The predicted molar refractivity (Wildman–Crippen MR) is 115 cm³/mol. The summed E-state index contributed by atoms with van der Waals surface area (Å²) in [6, 6.07) is 9.33. The van der Waals surface area contributed by atoms with E-state index in [4.69, 9.17) is 11.6 Å². The highest BCUT2D eigenvalue weighted by Gasteiger charge is 2.25. The van der Waals surface area contributed by atoms with Crippen molar-refractivity contribution >= 4 is 34.8 Å². The lowest BCUT2D eigenvalue weighted by Crippen LogP contribution is -2.36. The molecule has 7 heteroatoms. The second-order valence-electron chi connectivity index (χ2n) is 7.62. The molecule has 0 saturated heterocycles. The highest BCUT2D eigenvalue weighted by molar-refractivity contribution is 7.09. The summed E-state index contributed by atoms with van der Waals surface area (Å²) in [5.74, 6) is 0.331. The van der Waals surface area contributed by atoms with Gasteiger partial charge in [0, 0.05) is 18.5 Å². The zero-order valence-corrected chi connectivity index (χ0v) is 18.4. The molecule has 0 radical (unpaired) electrons. The van der Waals surface area contributed by atoms with Crippen molar-refractivity contribution in [2.24, 2.45) is 11.8 Å². The van der Waals surface area contributed by atoms with Crippen LogP contribution >= 0.6 is 22.9 Å². The molecule has 2 amide bonds. The zero-order chi connectivity index (χ0) is 20.7. The van der Waals surface area contributed by atoms with E-state index in [0.717, 1.165) is 10.6 Å². The molecular weight excluding hydrogens is 394 g/mol. The molecule has 0 aliphatic rings. The molecule has 2 aromatic rings. The number of hydrogen-bond acceptors (Lipinski definition) is 4. The van der Waals surface area contributed by atoms with Gasteiger partial charge < -0.3 is 10.2 Å². The monoisotopic (exact) mass is 421 g/mol. The summed E-state index contributed by atoms with van der Waals surface area (Å²) in [6.45, 7) is 9.71. The second-order valence-corrected chi connectivity index (χ2v) is 9.00. The van der Waals surface area contributed by atoms with E-state index >= 15 is 0 Å². The number of benzene rings is 1. The first-order chi connectivity index (χ1) is 13.3. The van der Waals surface area contributed by atoms with Gasteiger partial charge >= 0.3 is 0 Å². The van der Waals surface area contributed by atoms with Crippen molar-refractivity contribution in [1.29, 1.82) is 0 Å². The molecule has 0 saturated carbocycles. The average molecular weight is 422 g/mol. The van der Waals surface area contributed by atoms with Crippen molar-refractivity contribution in [3.8, 4) is 0 Å². The van der Waals surface area contributed by atoms with E-state index in [1.165, 1.54) is 11.3 Å². The van der Waals surface area contributed by atoms with E-state index in [-0.39, 0.29) is 17.7 Å². The summed E-state index contributed by atoms with van der Waals surface area (Å²) < 4.78 is 0. The van der Waals surface area contributed by atoms with Crippen LogP contribution in [0.25, 0.3) is 0 Å². The molecule has 0 spiro atoms. The molecule has 152 valence electrons. The van der Waals surface area contributed by atoms with Crippen LogP contribution in [-0.2, 0) is 11.3 Å².